The second kappa shape index (κ2) is 17.8. The molecule has 0 aliphatic heterocycles. The van der Waals surface area contributed by atoms with Crippen LogP contribution in [-0.4, -0.2) is 11.1 Å². The second-order valence-electron chi connectivity index (χ2n) is 19.1. The molecule has 70 heavy (non-hydrogen) atoms. The van der Waals surface area contributed by atoms with Crippen molar-refractivity contribution in [2.75, 3.05) is 4.90 Å². The van der Waals surface area contributed by atoms with Crippen molar-refractivity contribution in [3.05, 3.63) is 305 Å². The van der Waals surface area contributed by atoms with Gasteiger partial charge in [0.25, 0.3) is 0 Å². The van der Waals surface area contributed by atoms with Gasteiger partial charge in [-0.1, -0.05) is 212 Å². The van der Waals surface area contributed by atoms with Gasteiger partial charge >= 0.3 is 5.97 Å². The minimum atomic E-state index is -0.941. The maximum atomic E-state index is 12.4. The highest BCUT2D eigenvalue weighted by molar-refractivity contribution is 5.96. The van der Waals surface area contributed by atoms with Gasteiger partial charge in [-0.2, -0.15) is 0 Å². The monoisotopic (exact) mass is 901 g/mol. The van der Waals surface area contributed by atoms with Gasteiger partial charge in [0.05, 0.1) is 5.56 Å². The maximum Gasteiger partial charge on any atom is 0.336 e. The van der Waals surface area contributed by atoms with Crippen LogP contribution in [0.15, 0.2) is 255 Å². The minimum Gasteiger partial charge on any atom is -0.478 e. The molecule has 0 radical (unpaired) electrons. The van der Waals surface area contributed by atoms with E-state index in [0.717, 1.165) is 48.3 Å². The molecule has 1 N–H and O–H groups in total. The van der Waals surface area contributed by atoms with Crippen molar-refractivity contribution < 1.29 is 9.90 Å². The first-order chi connectivity index (χ1) is 34.5. The van der Waals surface area contributed by atoms with E-state index >= 15 is 0 Å². The summed E-state index contributed by atoms with van der Waals surface area (Å²) in [6.45, 7) is 0. The van der Waals surface area contributed by atoms with Gasteiger partial charge in [0.15, 0.2) is 0 Å². The third-order valence-electron chi connectivity index (χ3n) is 15.0. The Morgan fingerprint density at radius 2 is 0.657 bits per heavy atom. The standard InChI is InChI=1S/C67H51NO2/c69-65(70)60-30-14-13-27-55(60)51-33-35-52(36-34-51)68(53-37-39-58-56-28-15-17-31-61(56)66(63(58)41-53,43-47-19-5-1-6-20-47)44-48-21-7-2-8-22-48)54-38-40-59-57-29-16-18-32-62(57)67(64(59)42-54,45-49-23-9-3-10-24-49)46-50-25-11-4-12-26-50/h1-42H,43-46H2,(H,69,70). The van der Waals surface area contributed by atoms with Crippen LogP contribution in [0, 0.1) is 0 Å². The summed E-state index contributed by atoms with van der Waals surface area (Å²) in [5, 5.41) is 10.2. The largest absolute Gasteiger partial charge is 0.478 e. The Labute approximate surface area is 410 Å². The Balaban J connectivity index is 1.08. The predicted octanol–water partition coefficient (Wildman–Crippen LogP) is 16.0. The van der Waals surface area contributed by atoms with E-state index < -0.39 is 5.97 Å². The number of fused-ring (bicyclic) bond motifs is 6. The number of carbonyl (C=O) groups is 1. The number of nitrogens with zero attached hydrogens (tertiary/aromatic N) is 1. The van der Waals surface area contributed by atoms with Crippen LogP contribution in [0.1, 0.15) is 54.9 Å². The summed E-state index contributed by atoms with van der Waals surface area (Å²) in [6, 6.07) is 91.9. The normalized spacial score (nSPS) is 13.4. The SMILES string of the molecule is O=C(O)c1ccccc1-c1ccc(N(c2ccc3c(c2)C(Cc2ccccc2)(Cc2ccccc2)c2ccccc2-3)c2ccc3c(c2)C(Cc2ccccc2)(Cc2ccccc2)c2ccccc2-3)cc1. The molecule has 2 aliphatic rings. The van der Waals surface area contributed by atoms with Crippen LogP contribution in [0.3, 0.4) is 0 Å². The fraction of sp³-hybridized carbons (Fsp3) is 0.0896. The molecule has 0 atom stereocenters. The van der Waals surface area contributed by atoms with Gasteiger partial charge < -0.3 is 10.0 Å². The third-order valence-corrected chi connectivity index (χ3v) is 15.0. The molecule has 10 aromatic rings. The van der Waals surface area contributed by atoms with E-state index in [1.54, 1.807) is 12.1 Å². The number of aromatic carboxylic acids is 1. The van der Waals surface area contributed by atoms with Crippen molar-refractivity contribution in [1.29, 1.82) is 0 Å². The molecule has 3 nitrogen and oxygen atoms in total. The van der Waals surface area contributed by atoms with Crippen molar-refractivity contribution in [3.8, 4) is 33.4 Å². The number of rotatable bonds is 13. The molecule has 0 unspecified atom stereocenters. The smallest absolute Gasteiger partial charge is 0.336 e. The molecule has 0 amide bonds. The zero-order valence-corrected chi connectivity index (χ0v) is 38.9. The van der Waals surface area contributed by atoms with Gasteiger partial charge in [-0.15, -0.1) is 0 Å². The summed E-state index contributed by atoms with van der Waals surface area (Å²) in [6.07, 6.45) is 3.36. The van der Waals surface area contributed by atoms with E-state index in [4.69, 9.17) is 0 Å². The topological polar surface area (TPSA) is 40.5 Å². The number of hydrogen-bond acceptors (Lipinski definition) is 2. The lowest BCUT2D eigenvalue weighted by atomic mass is 9.69. The molecular formula is C67H51NO2. The lowest BCUT2D eigenvalue weighted by Crippen LogP contribution is -2.31. The first kappa shape index (κ1) is 42.8. The van der Waals surface area contributed by atoms with E-state index in [9.17, 15) is 9.90 Å². The van der Waals surface area contributed by atoms with Crippen LogP contribution in [-0.2, 0) is 36.5 Å². The van der Waals surface area contributed by atoms with Crippen LogP contribution in [0.25, 0.3) is 33.4 Å². The number of carboxylic acids is 1. The summed E-state index contributed by atoms with van der Waals surface area (Å²) in [5.41, 5.74) is 19.8. The van der Waals surface area contributed by atoms with Gasteiger partial charge in [0.1, 0.15) is 0 Å². The predicted molar refractivity (Wildman–Crippen MR) is 287 cm³/mol. The van der Waals surface area contributed by atoms with Crippen molar-refractivity contribution in [2.24, 2.45) is 0 Å². The zero-order valence-electron chi connectivity index (χ0n) is 38.9. The van der Waals surface area contributed by atoms with Crippen LogP contribution in [0.2, 0.25) is 0 Å². The minimum absolute atomic E-state index is 0.282. The molecular weight excluding hydrogens is 851 g/mol. The highest BCUT2D eigenvalue weighted by Crippen LogP contribution is 2.56. The summed E-state index contributed by atoms with van der Waals surface area (Å²) >= 11 is 0. The van der Waals surface area contributed by atoms with Gasteiger partial charge in [-0.25, -0.2) is 4.79 Å². The van der Waals surface area contributed by atoms with Crippen molar-refractivity contribution in [1.82, 2.24) is 0 Å². The zero-order chi connectivity index (χ0) is 47.1. The third kappa shape index (κ3) is 7.52. The number of benzene rings is 10. The van der Waals surface area contributed by atoms with Crippen molar-refractivity contribution >= 4 is 23.0 Å². The van der Waals surface area contributed by atoms with Gasteiger partial charge in [-0.3, -0.25) is 0 Å². The summed E-state index contributed by atoms with van der Waals surface area (Å²) in [7, 11) is 0. The molecule has 0 saturated carbocycles. The van der Waals surface area contributed by atoms with Crippen molar-refractivity contribution in [2.45, 2.75) is 36.5 Å². The van der Waals surface area contributed by atoms with Gasteiger partial charge in [0, 0.05) is 27.9 Å². The Bertz CT molecular complexity index is 3240. The average molecular weight is 902 g/mol. The highest BCUT2D eigenvalue weighted by Gasteiger charge is 2.45. The Kier molecular flexibility index (Phi) is 10.9. The molecule has 10 aromatic carbocycles. The van der Waals surface area contributed by atoms with Gasteiger partial charge in [-0.05, 0) is 146 Å². The number of carboxylic acid groups (broad SMARTS) is 1. The fourth-order valence-corrected chi connectivity index (χ4v) is 12.0. The molecule has 0 aromatic heterocycles. The average Bonchev–Trinajstić information content (AvgIpc) is 3.82. The molecule has 0 bridgehead atoms. The molecule has 0 heterocycles. The second-order valence-corrected chi connectivity index (χ2v) is 19.1. The Morgan fingerprint density at radius 3 is 1.06 bits per heavy atom. The van der Waals surface area contributed by atoms with Crippen molar-refractivity contribution in [3.63, 3.8) is 0 Å². The van der Waals surface area contributed by atoms with Crippen LogP contribution >= 0.6 is 0 Å². The quantitative estimate of drug-likeness (QED) is 0.125. The molecule has 3 heteroatoms. The maximum absolute atomic E-state index is 12.4. The van der Waals surface area contributed by atoms with E-state index in [-0.39, 0.29) is 16.4 Å². The summed E-state index contributed by atoms with van der Waals surface area (Å²) in [4.78, 5) is 14.9. The molecule has 336 valence electrons. The fourth-order valence-electron chi connectivity index (χ4n) is 12.0. The Morgan fingerprint density at radius 1 is 0.329 bits per heavy atom. The Hall–Kier alpha value is -8.53. The molecule has 2 aliphatic carbocycles. The van der Waals surface area contributed by atoms with E-state index in [1.165, 1.54) is 66.8 Å². The van der Waals surface area contributed by atoms with Crippen LogP contribution < -0.4 is 4.90 Å². The summed E-state index contributed by atoms with van der Waals surface area (Å²) < 4.78 is 0. The van der Waals surface area contributed by atoms with E-state index in [1.807, 2.05) is 12.1 Å². The lowest BCUT2D eigenvalue weighted by Gasteiger charge is -2.35. The van der Waals surface area contributed by atoms with Gasteiger partial charge in [0.2, 0.25) is 0 Å². The first-order valence-corrected chi connectivity index (χ1v) is 24.3. The van der Waals surface area contributed by atoms with Crippen LogP contribution in [0.5, 0.6) is 0 Å². The van der Waals surface area contributed by atoms with E-state index in [0.29, 0.717) is 5.56 Å². The number of anilines is 3. The molecule has 0 fully saturated rings. The first-order valence-electron chi connectivity index (χ1n) is 24.3. The van der Waals surface area contributed by atoms with Crippen LogP contribution in [0.4, 0.5) is 17.1 Å². The molecule has 12 rings (SSSR count). The molecule has 0 saturated heterocycles. The lowest BCUT2D eigenvalue weighted by molar-refractivity contribution is 0.0697. The highest BCUT2D eigenvalue weighted by atomic mass is 16.4. The number of hydrogen-bond donors (Lipinski definition) is 1. The van der Waals surface area contributed by atoms with E-state index in [2.05, 4.69) is 235 Å². The summed E-state index contributed by atoms with van der Waals surface area (Å²) in [5.74, 6) is -0.941. The molecule has 0 spiro atoms.